The fourth-order valence-electron chi connectivity index (χ4n) is 8.06. The number of para-hydroxylation sites is 1. The number of thioether (sulfide) groups is 1. The van der Waals surface area contributed by atoms with Crippen LogP contribution in [0, 0.1) is 36.5 Å². The van der Waals surface area contributed by atoms with E-state index in [-0.39, 0.29) is 70.0 Å². The molecule has 3 amide bonds. The number of carbonyl (C=O) groups is 3. The summed E-state index contributed by atoms with van der Waals surface area (Å²) in [7, 11) is 0. The van der Waals surface area contributed by atoms with Crippen molar-refractivity contribution in [2.75, 3.05) is 16.8 Å². The van der Waals surface area contributed by atoms with Crippen LogP contribution in [0.3, 0.4) is 0 Å². The average molecular weight is 624 g/mol. The van der Waals surface area contributed by atoms with Crippen molar-refractivity contribution in [1.82, 2.24) is 4.98 Å². The lowest BCUT2D eigenvalue weighted by molar-refractivity contribution is -0.123. The van der Waals surface area contributed by atoms with Gasteiger partial charge >= 0.3 is 4.87 Å². The zero-order valence-corrected chi connectivity index (χ0v) is 25.4. The third-order valence-electron chi connectivity index (χ3n) is 9.65. The molecule has 3 heterocycles. The van der Waals surface area contributed by atoms with Crippen molar-refractivity contribution in [1.29, 1.82) is 0 Å². The van der Waals surface area contributed by atoms with Crippen LogP contribution in [0.4, 0.5) is 11.4 Å². The Morgan fingerprint density at radius 3 is 2.45 bits per heavy atom. The van der Waals surface area contributed by atoms with Crippen molar-refractivity contribution in [3.05, 3.63) is 105 Å². The quantitative estimate of drug-likeness (QED) is 0.277. The second-order valence-electron chi connectivity index (χ2n) is 12.1. The molecule has 8 nitrogen and oxygen atoms in total. The lowest BCUT2D eigenvalue weighted by Gasteiger charge is -2.43. The third kappa shape index (κ3) is 4.34. The summed E-state index contributed by atoms with van der Waals surface area (Å²) in [6, 6.07) is 24.5. The molecule has 3 fully saturated rings. The number of anilines is 2. The van der Waals surface area contributed by atoms with E-state index >= 15 is 0 Å². The van der Waals surface area contributed by atoms with Crippen LogP contribution in [0.1, 0.15) is 28.3 Å². The molecule has 1 aromatic heterocycles. The topological polar surface area (TPSA) is 109 Å². The fraction of sp³-hybridized carbons (Fsp3) is 0.294. The molecule has 2 bridgehead atoms. The number of aromatic nitrogens is 1. The summed E-state index contributed by atoms with van der Waals surface area (Å²) in [6.45, 7) is 1.85. The molecular formula is C34H29N3O5S2. The number of rotatable bonds is 6. The first-order chi connectivity index (χ1) is 21.4. The Morgan fingerprint density at radius 2 is 1.70 bits per heavy atom. The van der Waals surface area contributed by atoms with E-state index in [4.69, 9.17) is 4.74 Å². The van der Waals surface area contributed by atoms with Crippen molar-refractivity contribution >= 4 is 52.2 Å². The Bertz CT molecular complexity index is 1850. The molecule has 2 N–H and O–H groups in total. The average Bonchev–Trinajstić information content (AvgIpc) is 3.75. The van der Waals surface area contributed by atoms with Gasteiger partial charge in [0, 0.05) is 21.7 Å². The van der Waals surface area contributed by atoms with Gasteiger partial charge in [-0.1, -0.05) is 53.8 Å². The molecule has 8 rings (SSSR count). The number of H-pyrrole nitrogens is 1. The maximum atomic E-state index is 13.9. The number of amides is 3. The number of fused-ring (bicyclic) bond motifs is 9. The number of aryl methyl sites for hydroxylation is 1. The predicted octanol–water partition coefficient (Wildman–Crippen LogP) is 5.44. The molecular weight excluding hydrogens is 595 g/mol. The minimum Gasteiger partial charge on any atom is -0.484 e. The number of thiazole rings is 1. The first kappa shape index (κ1) is 27.4. The highest BCUT2D eigenvalue weighted by molar-refractivity contribution is 8.00. The van der Waals surface area contributed by atoms with E-state index in [0.717, 1.165) is 33.1 Å². The lowest BCUT2D eigenvalue weighted by atomic mass is 9.68. The van der Waals surface area contributed by atoms with Gasteiger partial charge in [0.1, 0.15) is 5.75 Å². The Labute approximate surface area is 261 Å². The van der Waals surface area contributed by atoms with Crippen LogP contribution in [-0.2, 0) is 14.4 Å². The smallest absolute Gasteiger partial charge is 0.305 e. The van der Waals surface area contributed by atoms with Crippen LogP contribution in [0.25, 0.3) is 0 Å². The van der Waals surface area contributed by atoms with E-state index in [9.17, 15) is 19.2 Å². The molecule has 0 spiro atoms. The first-order valence-electron chi connectivity index (χ1n) is 14.8. The number of aromatic amines is 1. The number of imide groups is 1. The summed E-state index contributed by atoms with van der Waals surface area (Å²) in [5.74, 6) is -0.380. The van der Waals surface area contributed by atoms with Crippen LogP contribution < -0.4 is 19.8 Å². The molecule has 4 aromatic rings. The van der Waals surface area contributed by atoms with E-state index in [1.165, 1.54) is 16.2 Å². The van der Waals surface area contributed by atoms with Crippen molar-refractivity contribution in [3.8, 4) is 5.75 Å². The number of benzene rings is 3. The van der Waals surface area contributed by atoms with Crippen LogP contribution in [-0.4, -0.2) is 34.6 Å². The Hall–Kier alpha value is -4.15. The minimum atomic E-state index is -0.344. The van der Waals surface area contributed by atoms with Crippen LogP contribution in [0.15, 0.2) is 88.7 Å². The van der Waals surface area contributed by atoms with Gasteiger partial charge < -0.3 is 15.0 Å². The zero-order chi connectivity index (χ0) is 30.1. The molecule has 4 aliphatic rings. The summed E-state index contributed by atoms with van der Waals surface area (Å²) in [5, 5.41) is 3.85. The van der Waals surface area contributed by atoms with Crippen molar-refractivity contribution in [2.24, 2.45) is 29.6 Å². The van der Waals surface area contributed by atoms with Crippen molar-refractivity contribution in [3.63, 3.8) is 0 Å². The van der Waals surface area contributed by atoms with Gasteiger partial charge in [0.25, 0.3) is 5.91 Å². The molecule has 2 aliphatic heterocycles. The molecule has 2 saturated carbocycles. The summed E-state index contributed by atoms with van der Waals surface area (Å²) >= 11 is 2.91. The molecule has 3 aromatic carbocycles. The largest absolute Gasteiger partial charge is 0.484 e. The summed E-state index contributed by atoms with van der Waals surface area (Å²) < 4.78 is 5.80. The van der Waals surface area contributed by atoms with Gasteiger partial charge in [-0.25, -0.2) is 0 Å². The lowest BCUT2D eigenvalue weighted by Crippen LogP contribution is -2.42. The molecule has 0 unspecified atom stereocenters. The Kier molecular flexibility index (Phi) is 6.53. The monoisotopic (exact) mass is 623 g/mol. The van der Waals surface area contributed by atoms with Crippen LogP contribution >= 0.6 is 23.1 Å². The Balaban J connectivity index is 1.06. The molecule has 1 saturated heterocycles. The van der Waals surface area contributed by atoms with E-state index in [1.807, 2.05) is 85.8 Å². The molecule has 7 atom stereocenters. The second-order valence-corrected chi connectivity index (χ2v) is 14.3. The highest BCUT2D eigenvalue weighted by Crippen LogP contribution is 2.68. The number of ether oxygens (including phenoxy) is 1. The zero-order valence-electron chi connectivity index (χ0n) is 23.8. The number of nitrogens with zero attached hydrogens (tertiary/aromatic N) is 1. The Morgan fingerprint density at radius 1 is 0.955 bits per heavy atom. The van der Waals surface area contributed by atoms with Gasteiger partial charge in [-0.05, 0) is 78.6 Å². The number of carbonyl (C=O) groups excluding carboxylic acids is 3. The second kappa shape index (κ2) is 10.5. The minimum absolute atomic E-state index is 0.0456. The van der Waals surface area contributed by atoms with Gasteiger partial charge in [-0.2, -0.15) is 0 Å². The van der Waals surface area contributed by atoms with Gasteiger partial charge in [0.05, 0.1) is 22.5 Å². The summed E-state index contributed by atoms with van der Waals surface area (Å²) in [5.41, 5.74) is 3.45. The fourth-order valence-corrected chi connectivity index (χ4v) is 11.0. The standard InChI is InChI=1S/C34H29N3O5S2/c1-17-6-5-7-19(14-17)35-24(38)16-42-21-12-10-18(11-13-21)25-26-22-15-23(29(26)43-31-30(25)44-34(41)36-31)28-27(22)32(39)37(33(28)40)20-8-3-2-4-9-20/h2-14,22-23,25-29H,15-16H2,1H3,(H,35,38)(H,36,41)/t22-,23-,25+,26-,27+,28+,29-/m1/s1. The van der Waals surface area contributed by atoms with E-state index in [0.29, 0.717) is 11.4 Å². The number of nitrogens with one attached hydrogen (secondary N) is 2. The molecule has 2 aliphatic carbocycles. The van der Waals surface area contributed by atoms with Gasteiger partial charge in [0.15, 0.2) is 6.61 Å². The molecule has 0 radical (unpaired) electrons. The van der Waals surface area contributed by atoms with E-state index < -0.39 is 0 Å². The van der Waals surface area contributed by atoms with Crippen molar-refractivity contribution < 1.29 is 19.1 Å². The maximum Gasteiger partial charge on any atom is 0.305 e. The molecule has 10 heteroatoms. The van der Waals surface area contributed by atoms with Crippen LogP contribution in [0.2, 0.25) is 0 Å². The summed E-state index contributed by atoms with van der Waals surface area (Å²) in [4.78, 5) is 58.0. The SMILES string of the molecule is Cc1cccc(NC(=O)COc2ccc([C@@H]3c4sc(=O)[nH]c4S[C@@H]4[C@@H]5C[C@@H]([C@@H]6C(=O)N(c7ccccc7)C(=O)[C@@H]56)[C@H]34)cc2)c1. The van der Waals surface area contributed by atoms with Crippen molar-refractivity contribution in [2.45, 2.75) is 29.5 Å². The van der Waals surface area contributed by atoms with Crippen LogP contribution in [0.5, 0.6) is 5.75 Å². The summed E-state index contributed by atoms with van der Waals surface area (Å²) in [6.07, 6.45) is 0.838. The first-order valence-corrected chi connectivity index (χ1v) is 16.5. The molecule has 44 heavy (non-hydrogen) atoms. The van der Waals surface area contributed by atoms with Gasteiger partial charge in [-0.3, -0.25) is 24.1 Å². The van der Waals surface area contributed by atoms with Gasteiger partial charge in [0.2, 0.25) is 11.8 Å². The maximum absolute atomic E-state index is 13.9. The highest BCUT2D eigenvalue weighted by atomic mass is 32.2. The predicted molar refractivity (Wildman–Crippen MR) is 169 cm³/mol. The number of hydrogen-bond donors (Lipinski definition) is 2. The molecule has 222 valence electrons. The third-order valence-corrected chi connectivity index (χ3v) is 12.2. The normalized spacial score (nSPS) is 28.0. The van der Waals surface area contributed by atoms with Gasteiger partial charge in [-0.15, -0.1) is 11.8 Å². The van der Waals surface area contributed by atoms with E-state index in [1.54, 1.807) is 11.8 Å². The highest BCUT2D eigenvalue weighted by Gasteiger charge is 2.69. The van der Waals surface area contributed by atoms with E-state index in [2.05, 4.69) is 10.3 Å². The number of hydrogen-bond acceptors (Lipinski definition) is 7.